The number of carbonyl (C=O) groups is 1. The molecule has 0 unspecified atom stereocenters. The number of nitrogens with zero attached hydrogens (tertiary/aromatic N) is 2. The number of amides is 1. The number of likely N-dealkylation sites (tertiary alicyclic amines) is 1. The third kappa shape index (κ3) is 4.13. The van der Waals surface area contributed by atoms with E-state index in [0.29, 0.717) is 18.0 Å². The average Bonchev–Trinajstić information content (AvgIpc) is 3.19. The number of aryl methyl sites for hydroxylation is 2. The first-order valence-corrected chi connectivity index (χ1v) is 13.0. The molecule has 1 spiro atoms. The highest BCUT2D eigenvalue weighted by Crippen LogP contribution is 2.46. The molecule has 2 atom stereocenters. The lowest BCUT2D eigenvalue weighted by Gasteiger charge is -2.49. The number of fused-ring (bicyclic) bond motifs is 2. The van der Waals surface area contributed by atoms with Crippen LogP contribution in [0.15, 0.2) is 24.5 Å². The first-order valence-electron chi connectivity index (χ1n) is 12.2. The fourth-order valence-electron chi connectivity index (χ4n) is 5.87. The maximum absolute atomic E-state index is 12.6. The van der Waals surface area contributed by atoms with Crippen molar-refractivity contribution in [2.24, 2.45) is 5.92 Å². The summed E-state index contributed by atoms with van der Waals surface area (Å²) in [4.78, 5) is 22.4. The molecule has 1 saturated heterocycles. The summed E-state index contributed by atoms with van der Waals surface area (Å²) >= 11 is 2.00. The van der Waals surface area contributed by atoms with Crippen LogP contribution >= 0.6 is 11.3 Å². The molecule has 5 nitrogen and oxygen atoms in total. The van der Waals surface area contributed by atoms with Crippen molar-refractivity contribution in [3.63, 3.8) is 0 Å². The summed E-state index contributed by atoms with van der Waals surface area (Å²) in [7, 11) is 0. The zero-order chi connectivity index (χ0) is 22.3. The summed E-state index contributed by atoms with van der Waals surface area (Å²) in [6.45, 7) is 9.66. The Hall–Kier alpha value is -1.76. The Morgan fingerprint density at radius 3 is 3.00 bits per heavy atom. The van der Waals surface area contributed by atoms with Gasteiger partial charge in [0.25, 0.3) is 5.91 Å². The maximum Gasteiger partial charge on any atom is 0.251 e. The van der Waals surface area contributed by atoms with Crippen LogP contribution in [0.2, 0.25) is 0 Å². The zero-order valence-corrected chi connectivity index (χ0v) is 20.3. The van der Waals surface area contributed by atoms with Crippen molar-refractivity contribution in [1.82, 2.24) is 15.2 Å². The van der Waals surface area contributed by atoms with Crippen LogP contribution in [-0.4, -0.2) is 47.6 Å². The van der Waals surface area contributed by atoms with Gasteiger partial charge in [0.1, 0.15) is 0 Å². The van der Waals surface area contributed by atoms with Crippen molar-refractivity contribution in [3.8, 4) is 0 Å². The Morgan fingerprint density at radius 2 is 2.25 bits per heavy atom. The highest BCUT2D eigenvalue weighted by molar-refractivity contribution is 7.12. The van der Waals surface area contributed by atoms with E-state index in [2.05, 4.69) is 35.1 Å². The van der Waals surface area contributed by atoms with Gasteiger partial charge in [-0.05, 0) is 75.1 Å². The van der Waals surface area contributed by atoms with Crippen LogP contribution in [0.4, 0.5) is 0 Å². The molecule has 1 aliphatic carbocycles. The number of ether oxygens (including phenoxy) is 1. The number of pyridine rings is 1. The van der Waals surface area contributed by atoms with Crippen LogP contribution in [0.3, 0.4) is 0 Å². The van der Waals surface area contributed by atoms with Crippen LogP contribution in [0.25, 0.3) is 0 Å². The Bertz CT molecular complexity index is 983. The lowest BCUT2D eigenvalue weighted by Crippen LogP contribution is -2.54. The molecule has 2 fully saturated rings. The summed E-state index contributed by atoms with van der Waals surface area (Å²) in [5.41, 5.74) is 3.10. The Kier molecular flexibility index (Phi) is 6.12. The van der Waals surface area contributed by atoms with Crippen LogP contribution < -0.4 is 5.32 Å². The standard InChI is InChI=1S/C26H35N3O2S/c1-4-21-13-23-24(32-21)6-10-31-26(23)7-9-29(18(3)14-26)16-19-11-20(12-19)28-25(30)22-5-8-27-15-17(22)2/h5,8,13,15,18-20H,4,6-7,9-12,14,16H2,1-3H3,(H,28,30)/t18-,19?,20?,26+/m0/s1. The molecule has 5 rings (SSSR count). The number of nitrogens with one attached hydrogen (secondary N) is 1. The summed E-state index contributed by atoms with van der Waals surface area (Å²) in [5, 5.41) is 3.21. The molecule has 1 saturated carbocycles. The molecule has 2 aromatic heterocycles. The number of aromatic nitrogens is 1. The summed E-state index contributed by atoms with van der Waals surface area (Å²) < 4.78 is 6.50. The van der Waals surface area contributed by atoms with Gasteiger partial charge in [-0.2, -0.15) is 0 Å². The third-order valence-electron chi connectivity index (χ3n) is 7.79. The van der Waals surface area contributed by atoms with Crippen LogP contribution in [0.5, 0.6) is 0 Å². The molecule has 3 aliphatic rings. The fraction of sp³-hybridized carbons (Fsp3) is 0.615. The van der Waals surface area contributed by atoms with Gasteiger partial charge in [-0.1, -0.05) is 6.92 Å². The number of rotatable bonds is 5. The second-order valence-corrected chi connectivity index (χ2v) is 11.2. The van der Waals surface area contributed by atoms with E-state index in [-0.39, 0.29) is 11.5 Å². The van der Waals surface area contributed by atoms with E-state index in [1.807, 2.05) is 24.3 Å². The number of carbonyl (C=O) groups excluding carboxylic acids is 1. The molecule has 2 aliphatic heterocycles. The summed E-state index contributed by atoms with van der Waals surface area (Å²) in [6, 6.07) is 5.06. The van der Waals surface area contributed by atoms with Gasteiger partial charge in [0, 0.05) is 59.3 Å². The molecule has 172 valence electrons. The smallest absolute Gasteiger partial charge is 0.251 e. The highest BCUT2D eigenvalue weighted by Gasteiger charge is 2.45. The topological polar surface area (TPSA) is 54.5 Å². The van der Waals surface area contributed by atoms with Crippen molar-refractivity contribution in [2.45, 2.75) is 77.0 Å². The molecule has 2 aromatic rings. The molecular formula is C26H35N3O2S. The Morgan fingerprint density at radius 1 is 1.41 bits per heavy atom. The highest BCUT2D eigenvalue weighted by atomic mass is 32.1. The zero-order valence-electron chi connectivity index (χ0n) is 19.5. The van der Waals surface area contributed by atoms with Gasteiger partial charge in [0.15, 0.2) is 0 Å². The first kappa shape index (κ1) is 22.1. The number of piperidine rings is 1. The summed E-state index contributed by atoms with van der Waals surface area (Å²) in [5.74, 6) is 0.708. The van der Waals surface area contributed by atoms with Crippen molar-refractivity contribution in [2.75, 3.05) is 19.7 Å². The average molecular weight is 454 g/mol. The monoisotopic (exact) mass is 453 g/mol. The van der Waals surface area contributed by atoms with E-state index in [1.165, 1.54) is 10.4 Å². The largest absolute Gasteiger partial charge is 0.370 e. The number of hydrogen-bond acceptors (Lipinski definition) is 5. The minimum Gasteiger partial charge on any atom is -0.370 e. The predicted octanol–water partition coefficient (Wildman–Crippen LogP) is 4.47. The van der Waals surface area contributed by atoms with Gasteiger partial charge >= 0.3 is 0 Å². The second kappa shape index (κ2) is 8.88. The third-order valence-corrected chi connectivity index (χ3v) is 9.13. The molecule has 32 heavy (non-hydrogen) atoms. The molecule has 1 amide bonds. The number of hydrogen-bond donors (Lipinski definition) is 1. The first-order chi connectivity index (χ1) is 15.5. The van der Waals surface area contributed by atoms with E-state index >= 15 is 0 Å². The molecule has 0 bridgehead atoms. The molecule has 0 radical (unpaired) electrons. The SMILES string of the molecule is CCc1cc2c(s1)CCO[C@@]21CCN(CC2CC(NC(=O)c3ccncc3C)C2)[C@@H](C)C1. The normalized spacial score (nSPS) is 30.0. The van der Waals surface area contributed by atoms with Gasteiger partial charge in [0.2, 0.25) is 0 Å². The van der Waals surface area contributed by atoms with Gasteiger partial charge < -0.3 is 15.0 Å². The Labute approximate surface area is 195 Å². The molecule has 0 aromatic carbocycles. The predicted molar refractivity (Wildman–Crippen MR) is 128 cm³/mol. The molecule has 6 heteroatoms. The van der Waals surface area contributed by atoms with Gasteiger partial charge in [-0.25, -0.2) is 0 Å². The quantitative estimate of drug-likeness (QED) is 0.726. The van der Waals surface area contributed by atoms with Crippen molar-refractivity contribution < 1.29 is 9.53 Å². The lowest BCUT2D eigenvalue weighted by atomic mass is 9.76. The van der Waals surface area contributed by atoms with Crippen molar-refractivity contribution in [1.29, 1.82) is 0 Å². The fourth-order valence-corrected chi connectivity index (χ4v) is 7.05. The maximum atomic E-state index is 12.6. The van der Waals surface area contributed by atoms with Gasteiger partial charge in [-0.15, -0.1) is 11.3 Å². The van der Waals surface area contributed by atoms with E-state index in [0.717, 1.165) is 69.3 Å². The lowest BCUT2D eigenvalue weighted by molar-refractivity contribution is -0.114. The number of thiophene rings is 1. The van der Waals surface area contributed by atoms with Crippen LogP contribution in [-0.2, 0) is 23.2 Å². The van der Waals surface area contributed by atoms with Crippen LogP contribution in [0, 0.1) is 12.8 Å². The second-order valence-electron chi connectivity index (χ2n) is 9.99. The summed E-state index contributed by atoms with van der Waals surface area (Å²) in [6.07, 6.45) is 9.98. The Balaban J connectivity index is 1.14. The van der Waals surface area contributed by atoms with E-state index < -0.39 is 0 Å². The van der Waals surface area contributed by atoms with Crippen molar-refractivity contribution >= 4 is 17.2 Å². The molecular weight excluding hydrogens is 418 g/mol. The minimum atomic E-state index is -0.0635. The van der Waals surface area contributed by atoms with Crippen molar-refractivity contribution in [3.05, 3.63) is 51.0 Å². The minimum absolute atomic E-state index is 0.0362. The molecule has 1 N–H and O–H groups in total. The van der Waals surface area contributed by atoms with E-state index in [1.54, 1.807) is 17.3 Å². The van der Waals surface area contributed by atoms with E-state index in [9.17, 15) is 4.79 Å². The van der Waals surface area contributed by atoms with Gasteiger partial charge in [0.05, 0.1) is 12.2 Å². The van der Waals surface area contributed by atoms with E-state index in [4.69, 9.17) is 4.74 Å². The molecule has 4 heterocycles. The van der Waals surface area contributed by atoms with Gasteiger partial charge in [-0.3, -0.25) is 9.78 Å². The van der Waals surface area contributed by atoms with Crippen LogP contribution in [0.1, 0.15) is 70.8 Å².